The lowest BCUT2D eigenvalue weighted by molar-refractivity contribution is -0.146. The molecule has 1 atom stereocenters. The molecule has 2 fully saturated rings. The summed E-state index contributed by atoms with van der Waals surface area (Å²) < 4.78 is 4.99. The van der Waals surface area contributed by atoms with Gasteiger partial charge in [0.25, 0.3) is 0 Å². The Morgan fingerprint density at radius 3 is 2.65 bits per heavy atom. The summed E-state index contributed by atoms with van der Waals surface area (Å²) in [4.78, 5) is 41.0. The molecule has 0 radical (unpaired) electrons. The number of hydrogen-bond donors (Lipinski definition) is 1. The van der Waals surface area contributed by atoms with Crippen molar-refractivity contribution < 1.29 is 29.0 Å². The van der Waals surface area contributed by atoms with Crippen LogP contribution in [0.5, 0.6) is 0 Å². The fourth-order valence-corrected chi connectivity index (χ4v) is 2.25. The van der Waals surface area contributed by atoms with Crippen LogP contribution < -0.4 is 9.85 Å². The first kappa shape index (κ1) is 12.6. The van der Waals surface area contributed by atoms with Gasteiger partial charge in [-0.1, -0.05) is 0 Å². The predicted molar refractivity (Wildman–Crippen MR) is 60.9 cm³/mol. The van der Waals surface area contributed by atoms with Gasteiger partial charge in [-0.05, 0) is 6.42 Å². The molecule has 0 bridgehead atoms. The van der Waals surface area contributed by atoms with Crippen LogP contribution in [0.25, 0.3) is 0 Å². The van der Waals surface area contributed by atoms with Crippen LogP contribution in [-0.4, -0.2) is 57.6 Å². The first-order chi connectivity index (χ1) is 9.56. The van der Waals surface area contributed by atoms with E-state index < -0.39 is 11.9 Å². The van der Waals surface area contributed by atoms with E-state index in [0.717, 1.165) is 9.92 Å². The molecule has 2 amide bonds. The van der Waals surface area contributed by atoms with Crippen molar-refractivity contribution in [3.8, 4) is 0 Å². The minimum atomic E-state index is -0.838. The van der Waals surface area contributed by atoms with Crippen molar-refractivity contribution in [3.05, 3.63) is 0 Å². The second-order valence-electron chi connectivity index (χ2n) is 4.78. The van der Waals surface area contributed by atoms with Gasteiger partial charge in [0.2, 0.25) is 18.5 Å². The first-order valence-corrected chi connectivity index (χ1v) is 6.28. The number of amides is 2. The van der Waals surface area contributed by atoms with E-state index in [0.29, 0.717) is 19.5 Å². The van der Waals surface area contributed by atoms with Crippen molar-refractivity contribution >= 4 is 17.8 Å². The lowest BCUT2D eigenvalue weighted by Gasteiger charge is -2.11. The van der Waals surface area contributed by atoms with Crippen LogP contribution in [0.3, 0.4) is 0 Å². The fourth-order valence-electron chi connectivity index (χ4n) is 2.25. The highest BCUT2D eigenvalue weighted by atomic mass is 17.0. The normalized spacial score (nSPS) is 23.1. The Morgan fingerprint density at radius 2 is 2.05 bits per heavy atom. The number of carboxylic acid groups (broad SMARTS) is 1. The van der Waals surface area contributed by atoms with Gasteiger partial charge in [0.15, 0.2) is 0 Å². The maximum absolute atomic E-state index is 11.3. The third-order valence-corrected chi connectivity index (χ3v) is 3.47. The third-order valence-electron chi connectivity index (χ3n) is 3.47. The average Bonchev–Trinajstić information content (AvgIpc) is 2.87. The molecule has 0 saturated carbocycles. The molecule has 1 unspecified atom stereocenters. The van der Waals surface area contributed by atoms with Crippen molar-refractivity contribution in [2.24, 2.45) is 5.92 Å². The molecule has 0 aromatic carbocycles. The minimum absolute atomic E-state index is 0.204. The molecule has 1 N–H and O–H groups in total. The molecule has 0 spiro atoms. The van der Waals surface area contributed by atoms with Crippen molar-refractivity contribution in [2.45, 2.75) is 19.3 Å². The fraction of sp³-hybridized carbons (Fsp3) is 0.700. The third kappa shape index (κ3) is 2.24. The van der Waals surface area contributed by atoms with Crippen LogP contribution in [0.4, 0.5) is 0 Å². The van der Waals surface area contributed by atoms with E-state index in [1.807, 2.05) is 0 Å². The highest BCUT2D eigenvalue weighted by Crippen LogP contribution is 2.17. The van der Waals surface area contributed by atoms with Crippen molar-refractivity contribution in [1.82, 2.24) is 14.9 Å². The average molecular weight is 286 g/mol. The number of carboxylic acids is 1. The van der Waals surface area contributed by atoms with Gasteiger partial charge in [0.05, 0.1) is 12.5 Å². The topological polar surface area (TPSA) is 110 Å². The SMILES string of the molecule is O=C(O)C1CCN(n2on2OCN2C(=O)CCC2=O)C1. The second kappa shape index (κ2) is 4.62. The molecule has 3 rings (SSSR count). The Hall–Kier alpha value is -2.39. The number of carbonyl (C=O) groups is 3. The summed E-state index contributed by atoms with van der Waals surface area (Å²) in [5.41, 5.74) is 0. The summed E-state index contributed by atoms with van der Waals surface area (Å²) in [5.74, 6) is -1.80. The molecule has 2 aliphatic heterocycles. The van der Waals surface area contributed by atoms with Gasteiger partial charge in [-0.3, -0.25) is 19.4 Å². The Kier molecular flexibility index (Phi) is 2.92. The largest absolute Gasteiger partial charge is 0.481 e. The Labute approximate surface area is 112 Å². The molecular weight excluding hydrogens is 272 g/mol. The smallest absolute Gasteiger partial charge is 0.308 e. The number of carbonyl (C=O) groups excluding carboxylic acids is 2. The summed E-state index contributed by atoms with van der Waals surface area (Å²) in [5, 5.41) is 11.6. The van der Waals surface area contributed by atoms with E-state index in [9.17, 15) is 14.4 Å². The van der Waals surface area contributed by atoms with E-state index in [2.05, 4.69) is 0 Å². The first-order valence-electron chi connectivity index (χ1n) is 6.28. The summed E-state index contributed by atoms with van der Waals surface area (Å²) in [6.07, 6.45) is 0.949. The van der Waals surface area contributed by atoms with E-state index in [1.54, 1.807) is 5.01 Å². The van der Waals surface area contributed by atoms with Crippen LogP contribution in [0.1, 0.15) is 19.3 Å². The number of hydrogen-bond acceptors (Lipinski definition) is 6. The van der Waals surface area contributed by atoms with E-state index >= 15 is 0 Å². The molecule has 10 nitrogen and oxygen atoms in total. The standard InChI is InChI=1S/C10H14N4O6/c15-8-1-2-9(16)12(8)6-19-14-13(20-14)11-4-3-7(5-11)10(17)18/h7H,1-6H2,(H,17,18). The molecule has 1 aromatic heterocycles. The zero-order valence-corrected chi connectivity index (χ0v) is 10.6. The van der Waals surface area contributed by atoms with Crippen molar-refractivity contribution in [1.29, 1.82) is 0 Å². The van der Waals surface area contributed by atoms with E-state index in [1.165, 1.54) is 4.96 Å². The van der Waals surface area contributed by atoms with Gasteiger partial charge in [-0.15, -0.1) is 0 Å². The maximum Gasteiger partial charge on any atom is 0.308 e. The van der Waals surface area contributed by atoms with Gasteiger partial charge in [0.1, 0.15) is 5.02 Å². The molecule has 110 valence electrons. The molecule has 20 heavy (non-hydrogen) atoms. The quantitative estimate of drug-likeness (QED) is 0.653. The second-order valence-corrected chi connectivity index (χ2v) is 4.78. The van der Waals surface area contributed by atoms with Crippen LogP contribution in [0.15, 0.2) is 4.63 Å². The van der Waals surface area contributed by atoms with Crippen molar-refractivity contribution in [3.63, 3.8) is 0 Å². The summed E-state index contributed by atoms with van der Waals surface area (Å²) >= 11 is 0. The number of imide groups is 1. The van der Waals surface area contributed by atoms with E-state index in [-0.39, 0.29) is 31.4 Å². The van der Waals surface area contributed by atoms with Crippen LogP contribution in [0.2, 0.25) is 0 Å². The molecule has 3 heterocycles. The van der Waals surface area contributed by atoms with Crippen LogP contribution in [0, 0.1) is 5.92 Å². The van der Waals surface area contributed by atoms with Crippen molar-refractivity contribution in [2.75, 3.05) is 24.8 Å². The molecule has 2 aliphatic rings. The highest BCUT2D eigenvalue weighted by Gasteiger charge is 2.34. The Balaban J connectivity index is 1.49. The lowest BCUT2D eigenvalue weighted by Crippen LogP contribution is -2.37. The lowest BCUT2D eigenvalue weighted by atomic mass is 10.1. The van der Waals surface area contributed by atoms with Gasteiger partial charge < -0.3 is 9.94 Å². The summed E-state index contributed by atoms with van der Waals surface area (Å²) in [6, 6.07) is 0. The molecular formula is C10H14N4O6. The monoisotopic (exact) mass is 286 g/mol. The highest BCUT2D eigenvalue weighted by molar-refractivity contribution is 6.01. The number of rotatable bonds is 5. The minimum Gasteiger partial charge on any atom is -0.481 e. The molecule has 10 heteroatoms. The van der Waals surface area contributed by atoms with E-state index in [4.69, 9.17) is 14.6 Å². The molecule has 1 aromatic rings. The van der Waals surface area contributed by atoms with Gasteiger partial charge in [-0.25, -0.2) is 4.90 Å². The summed E-state index contributed by atoms with van der Waals surface area (Å²) in [6.45, 7) is 0.666. The van der Waals surface area contributed by atoms with Crippen LogP contribution >= 0.6 is 0 Å². The Morgan fingerprint density at radius 1 is 1.35 bits per heavy atom. The number of aliphatic carboxylic acids is 1. The Bertz CT molecular complexity index is 526. The number of nitrogens with zero attached hydrogens (tertiary/aromatic N) is 4. The number of aromatic nitrogens is 2. The predicted octanol–water partition coefficient (Wildman–Crippen LogP) is -1.54. The zero-order chi connectivity index (χ0) is 14.3. The zero-order valence-electron chi connectivity index (χ0n) is 10.6. The number of likely N-dealkylation sites (tertiary alicyclic amines) is 1. The molecule has 0 aliphatic carbocycles. The van der Waals surface area contributed by atoms with Crippen LogP contribution in [-0.2, 0) is 14.4 Å². The van der Waals surface area contributed by atoms with Gasteiger partial charge >= 0.3 is 5.97 Å². The molecule has 2 saturated heterocycles. The van der Waals surface area contributed by atoms with Gasteiger partial charge in [0, 0.05) is 24.3 Å². The van der Waals surface area contributed by atoms with Gasteiger partial charge in [-0.2, -0.15) is 4.63 Å². The summed E-state index contributed by atoms with van der Waals surface area (Å²) in [7, 11) is 0. The maximum atomic E-state index is 11.3.